The van der Waals surface area contributed by atoms with E-state index in [2.05, 4.69) is 5.32 Å². The molecule has 1 N–H and O–H groups in total. The van der Waals surface area contributed by atoms with Crippen LogP contribution in [-0.2, 0) is 15.8 Å². The monoisotopic (exact) mass is 279 g/mol. The van der Waals surface area contributed by atoms with Crippen molar-refractivity contribution >= 4 is 10.0 Å². The molecule has 0 aromatic heterocycles. The second kappa shape index (κ2) is 5.70. The zero-order valence-electron chi connectivity index (χ0n) is 10.8. The summed E-state index contributed by atoms with van der Waals surface area (Å²) >= 11 is 0. The maximum atomic E-state index is 12.3. The Balaban J connectivity index is 2.14. The largest absolute Gasteiger partial charge is 0.312 e. The van der Waals surface area contributed by atoms with E-state index in [1.807, 2.05) is 13.0 Å². The van der Waals surface area contributed by atoms with Crippen molar-refractivity contribution in [2.24, 2.45) is 0 Å². The SMILES string of the molecule is C[C@@H]1CN(S(=O)(=O)Cc2cccc(C#N)c2)CCN1. The van der Waals surface area contributed by atoms with Gasteiger partial charge in [0.05, 0.1) is 17.4 Å². The number of nitrogens with zero attached hydrogens (tertiary/aromatic N) is 2. The molecule has 0 spiro atoms. The molecule has 0 amide bonds. The van der Waals surface area contributed by atoms with Crippen LogP contribution in [0.5, 0.6) is 0 Å². The molecule has 0 bridgehead atoms. The highest BCUT2D eigenvalue weighted by atomic mass is 32.2. The molecule has 1 aromatic rings. The van der Waals surface area contributed by atoms with Crippen LogP contribution in [0.2, 0.25) is 0 Å². The maximum Gasteiger partial charge on any atom is 0.218 e. The van der Waals surface area contributed by atoms with Crippen molar-refractivity contribution in [3.63, 3.8) is 0 Å². The van der Waals surface area contributed by atoms with Crippen LogP contribution in [0.1, 0.15) is 18.1 Å². The van der Waals surface area contributed by atoms with Gasteiger partial charge < -0.3 is 5.32 Å². The van der Waals surface area contributed by atoms with E-state index in [0.29, 0.717) is 30.8 Å². The number of sulfonamides is 1. The number of nitrogens with one attached hydrogen (secondary N) is 1. The minimum Gasteiger partial charge on any atom is -0.312 e. The lowest BCUT2D eigenvalue weighted by Crippen LogP contribution is -2.51. The van der Waals surface area contributed by atoms with Crippen LogP contribution < -0.4 is 5.32 Å². The summed E-state index contributed by atoms with van der Waals surface area (Å²) < 4.78 is 26.2. The maximum absolute atomic E-state index is 12.3. The van der Waals surface area contributed by atoms with E-state index >= 15 is 0 Å². The molecular formula is C13H17N3O2S. The number of hydrogen-bond donors (Lipinski definition) is 1. The lowest BCUT2D eigenvalue weighted by Gasteiger charge is -2.31. The van der Waals surface area contributed by atoms with Gasteiger partial charge in [-0.3, -0.25) is 0 Å². The normalized spacial score (nSPS) is 20.9. The Hall–Kier alpha value is -1.42. The second-order valence-corrected chi connectivity index (χ2v) is 6.75. The number of piperazine rings is 1. The molecule has 5 nitrogen and oxygen atoms in total. The number of rotatable bonds is 3. The van der Waals surface area contributed by atoms with E-state index < -0.39 is 10.0 Å². The number of hydrogen-bond acceptors (Lipinski definition) is 4. The van der Waals surface area contributed by atoms with Gasteiger partial charge in [0.2, 0.25) is 10.0 Å². The summed E-state index contributed by atoms with van der Waals surface area (Å²) in [7, 11) is -3.31. The van der Waals surface area contributed by atoms with Gasteiger partial charge in [-0.25, -0.2) is 8.42 Å². The molecule has 1 saturated heterocycles. The van der Waals surface area contributed by atoms with Gasteiger partial charge >= 0.3 is 0 Å². The predicted octanol–water partition coefficient (Wildman–Crippen LogP) is 0.682. The van der Waals surface area contributed by atoms with Crippen molar-refractivity contribution in [3.8, 4) is 6.07 Å². The van der Waals surface area contributed by atoms with Crippen molar-refractivity contribution in [2.75, 3.05) is 19.6 Å². The third-order valence-corrected chi connectivity index (χ3v) is 4.95. The Labute approximate surface area is 113 Å². The smallest absolute Gasteiger partial charge is 0.218 e. The zero-order valence-corrected chi connectivity index (χ0v) is 11.7. The fourth-order valence-corrected chi connectivity index (χ4v) is 3.79. The molecular weight excluding hydrogens is 262 g/mol. The summed E-state index contributed by atoms with van der Waals surface area (Å²) in [5, 5.41) is 12.0. The first-order valence-corrected chi connectivity index (χ1v) is 7.82. The molecule has 0 unspecified atom stereocenters. The van der Waals surface area contributed by atoms with Crippen LogP contribution in [0.15, 0.2) is 24.3 Å². The highest BCUT2D eigenvalue weighted by Gasteiger charge is 2.26. The molecule has 1 heterocycles. The molecule has 1 aromatic carbocycles. The molecule has 2 rings (SSSR count). The highest BCUT2D eigenvalue weighted by Crippen LogP contribution is 2.14. The summed E-state index contributed by atoms with van der Waals surface area (Å²) in [5.41, 5.74) is 1.15. The minimum absolute atomic E-state index is 0.0464. The summed E-state index contributed by atoms with van der Waals surface area (Å²) in [6.07, 6.45) is 0. The summed E-state index contributed by atoms with van der Waals surface area (Å²) in [4.78, 5) is 0. The zero-order chi connectivity index (χ0) is 13.9. The van der Waals surface area contributed by atoms with E-state index in [4.69, 9.17) is 5.26 Å². The van der Waals surface area contributed by atoms with Crippen LogP contribution in [0, 0.1) is 11.3 Å². The molecule has 102 valence electrons. The first-order chi connectivity index (χ1) is 9.01. The first-order valence-electron chi connectivity index (χ1n) is 6.21. The van der Waals surface area contributed by atoms with Crippen molar-refractivity contribution in [2.45, 2.75) is 18.7 Å². The van der Waals surface area contributed by atoms with Gasteiger partial charge in [0.1, 0.15) is 0 Å². The molecule has 0 radical (unpaired) electrons. The Morgan fingerprint density at radius 3 is 3.00 bits per heavy atom. The highest BCUT2D eigenvalue weighted by molar-refractivity contribution is 7.88. The van der Waals surface area contributed by atoms with Gasteiger partial charge in [-0.05, 0) is 24.6 Å². The van der Waals surface area contributed by atoms with Gasteiger partial charge in [0.25, 0.3) is 0 Å². The summed E-state index contributed by atoms with van der Waals surface area (Å²) in [6, 6.07) is 8.95. The number of nitriles is 1. The molecule has 0 aliphatic carbocycles. The van der Waals surface area contributed by atoms with Crippen LogP contribution in [0.4, 0.5) is 0 Å². The van der Waals surface area contributed by atoms with Crippen molar-refractivity contribution < 1.29 is 8.42 Å². The van der Waals surface area contributed by atoms with E-state index in [0.717, 1.165) is 0 Å². The van der Waals surface area contributed by atoms with E-state index in [9.17, 15) is 8.42 Å². The van der Waals surface area contributed by atoms with Crippen molar-refractivity contribution in [1.82, 2.24) is 9.62 Å². The molecule has 0 saturated carbocycles. The van der Waals surface area contributed by atoms with E-state index in [1.165, 1.54) is 4.31 Å². The third kappa shape index (κ3) is 3.53. The average Bonchev–Trinajstić information content (AvgIpc) is 2.38. The van der Waals surface area contributed by atoms with Gasteiger partial charge in [0.15, 0.2) is 0 Å². The van der Waals surface area contributed by atoms with Crippen molar-refractivity contribution in [1.29, 1.82) is 5.26 Å². The van der Waals surface area contributed by atoms with Gasteiger partial charge in [-0.2, -0.15) is 9.57 Å². The Morgan fingerprint density at radius 2 is 2.32 bits per heavy atom. The van der Waals surface area contributed by atoms with Crippen molar-refractivity contribution in [3.05, 3.63) is 35.4 Å². The summed E-state index contributed by atoms with van der Waals surface area (Å²) in [5.74, 6) is -0.0464. The van der Waals surface area contributed by atoms with E-state index in [1.54, 1.807) is 24.3 Å². The van der Waals surface area contributed by atoms with Gasteiger partial charge in [-0.15, -0.1) is 0 Å². The molecule has 1 atom stereocenters. The topological polar surface area (TPSA) is 73.2 Å². The first kappa shape index (κ1) is 14.0. The van der Waals surface area contributed by atoms with Crippen LogP contribution in [-0.4, -0.2) is 38.4 Å². The second-order valence-electron chi connectivity index (χ2n) is 4.78. The van der Waals surface area contributed by atoms with Crippen LogP contribution in [0.25, 0.3) is 0 Å². The number of benzene rings is 1. The van der Waals surface area contributed by atoms with Gasteiger partial charge in [-0.1, -0.05) is 12.1 Å². The Bertz CT molecular complexity index is 592. The predicted molar refractivity (Wildman–Crippen MR) is 72.8 cm³/mol. The van der Waals surface area contributed by atoms with Crippen LogP contribution in [0.3, 0.4) is 0 Å². The minimum atomic E-state index is -3.31. The average molecular weight is 279 g/mol. The quantitative estimate of drug-likeness (QED) is 0.883. The molecule has 6 heteroatoms. The molecule has 1 aliphatic heterocycles. The van der Waals surface area contributed by atoms with E-state index in [-0.39, 0.29) is 11.8 Å². The summed E-state index contributed by atoms with van der Waals surface area (Å²) in [6.45, 7) is 3.65. The fourth-order valence-electron chi connectivity index (χ4n) is 2.18. The standard InChI is InChI=1S/C13H17N3O2S/c1-11-9-16(6-5-15-11)19(17,18)10-13-4-2-3-12(7-13)8-14/h2-4,7,11,15H,5-6,9-10H2,1H3/t11-/m1/s1. The molecule has 1 aliphatic rings. The van der Waals surface area contributed by atoms with Gasteiger partial charge in [0, 0.05) is 25.7 Å². The van der Waals surface area contributed by atoms with Crippen LogP contribution >= 0.6 is 0 Å². The third-order valence-electron chi connectivity index (χ3n) is 3.13. The lowest BCUT2D eigenvalue weighted by atomic mass is 10.2. The fraction of sp³-hybridized carbons (Fsp3) is 0.462. The molecule has 19 heavy (non-hydrogen) atoms. The lowest BCUT2D eigenvalue weighted by molar-refractivity contribution is 0.310. The Kier molecular flexibility index (Phi) is 4.20. The Morgan fingerprint density at radius 1 is 1.53 bits per heavy atom. The molecule has 1 fully saturated rings.